The van der Waals surface area contributed by atoms with Crippen LogP contribution in [-0.2, 0) is 6.54 Å². The second-order valence-electron chi connectivity index (χ2n) is 5.41. The Morgan fingerprint density at radius 1 is 1.19 bits per heavy atom. The Hall–Kier alpha value is -2.36. The number of rotatable bonds is 4. The molecule has 0 atom stereocenters. The number of nitrogens with one attached hydrogen (secondary N) is 1. The molecular weight excluding hydrogens is 260 g/mol. The maximum atomic E-state index is 5.86. The molecule has 1 aliphatic rings. The summed E-state index contributed by atoms with van der Waals surface area (Å²) in [6.45, 7) is 0.580. The summed E-state index contributed by atoms with van der Waals surface area (Å²) in [5.41, 5.74) is 8.48. The molecule has 1 fully saturated rings. The first-order valence-corrected chi connectivity index (χ1v) is 7.38. The van der Waals surface area contributed by atoms with E-state index in [1.54, 1.807) is 6.20 Å². The van der Waals surface area contributed by atoms with Gasteiger partial charge in [0.2, 0.25) is 0 Å². The zero-order valence-electron chi connectivity index (χ0n) is 12.0. The highest BCUT2D eigenvalue weighted by molar-refractivity contribution is 5.91. The molecule has 3 N–H and O–H groups in total. The molecular formula is C17H20N4. The Labute approximate surface area is 125 Å². The van der Waals surface area contributed by atoms with E-state index >= 15 is 0 Å². The first-order valence-electron chi connectivity index (χ1n) is 7.38. The van der Waals surface area contributed by atoms with E-state index in [9.17, 15) is 0 Å². The number of aromatic nitrogens is 1. The Balaban J connectivity index is 1.57. The van der Waals surface area contributed by atoms with Gasteiger partial charge in [0.05, 0.1) is 6.54 Å². The number of pyridine rings is 1. The molecule has 0 bridgehead atoms. The lowest BCUT2D eigenvalue weighted by molar-refractivity contribution is 0.419. The SMILES string of the molecule is NC(=NCc1ccc(C2CCC2)cc1)Nc1ccccn1. The molecule has 0 aliphatic heterocycles. The van der Waals surface area contributed by atoms with E-state index in [1.165, 1.54) is 30.4 Å². The number of hydrogen-bond donors (Lipinski definition) is 2. The van der Waals surface area contributed by atoms with E-state index in [2.05, 4.69) is 39.6 Å². The number of hydrogen-bond acceptors (Lipinski definition) is 2. The van der Waals surface area contributed by atoms with Gasteiger partial charge in [0, 0.05) is 6.20 Å². The first-order chi connectivity index (χ1) is 10.3. The fraction of sp³-hybridized carbons (Fsp3) is 0.294. The summed E-state index contributed by atoms with van der Waals surface area (Å²) in [6, 6.07) is 14.4. The standard InChI is InChI=1S/C17H20N4/c18-17(21-16-6-1-2-11-19-16)20-12-13-7-9-15(10-8-13)14-4-3-5-14/h1-2,6-11,14H,3-5,12H2,(H3,18,19,20,21). The predicted molar refractivity (Wildman–Crippen MR) is 86.2 cm³/mol. The Kier molecular flexibility index (Phi) is 4.15. The molecule has 1 aromatic carbocycles. The van der Waals surface area contributed by atoms with Gasteiger partial charge < -0.3 is 11.1 Å². The lowest BCUT2D eigenvalue weighted by atomic mass is 9.80. The highest BCUT2D eigenvalue weighted by Gasteiger charge is 2.18. The maximum Gasteiger partial charge on any atom is 0.194 e. The van der Waals surface area contributed by atoms with E-state index in [0.29, 0.717) is 18.3 Å². The van der Waals surface area contributed by atoms with Crippen LogP contribution in [0.15, 0.2) is 53.7 Å². The number of guanidine groups is 1. The average Bonchev–Trinajstić information content (AvgIpc) is 2.46. The molecule has 3 rings (SSSR count). The molecule has 4 heteroatoms. The second kappa shape index (κ2) is 6.39. The molecule has 0 unspecified atom stereocenters. The van der Waals surface area contributed by atoms with Crippen molar-refractivity contribution in [3.05, 3.63) is 59.8 Å². The van der Waals surface area contributed by atoms with Gasteiger partial charge in [-0.05, 0) is 42.0 Å². The van der Waals surface area contributed by atoms with Gasteiger partial charge in [-0.2, -0.15) is 0 Å². The van der Waals surface area contributed by atoms with Gasteiger partial charge in [-0.15, -0.1) is 0 Å². The molecule has 108 valence electrons. The molecule has 1 heterocycles. The third kappa shape index (κ3) is 3.60. The van der Waals surface area contributed by atoms with Crippen LogP contribution in [0.5, 0.6) is 0 Å². The summed E-state index contributed by atoms with van der Waals surface area (Å²) in [5.74, 6) is 1.87. The monoisotopic (exact) mass is 280 g/mol. The smallest absolute Gasteiger partial charge is 0.194 e. The van der Waals surface area contributed by atoms with Crippen molar-refractivity contribution in [2.24, 2.45) is 10.7 Å². The Morgan fingerprint density at radius 3 is 2.62 bits per heavy atom. The molecule has 21 heavy (non-hydrogen) atoms. The normalized spacial score (nSPS) is 15.5. The van der Waals surface area contributed by atoms with Crippen LogP contribution >= 0.6 is 0 Å². The van der Waals surface area contributed by atoms with E-state index in [-0.39, 0.29) is 0 Å². The van der Waals surface area contributed by atoms with Crippen LogP contribution in [0.2, 0.25) is 0 Å². The van der Waals surface area contributed by atoms with E-state index in [4.69, 9.17) is 5.73 Å². The zero-order chi connectivity index (χ0) is 14.5. The third-order valence-electron chi connectivity index (χ3n) is 3.91. The summed E-state index contributed by atoms with van der Waals surface area (Å²) >= 11 is 0. The van der Waals surface area contributed by atoms with Gasteiger partial charge >= 0.3 is 0 Å². The zero-order valence-corrected chi connectivity index (χ0v) is 12.0. The molecule has 1 aromatic heterocycles. The highest BCUT2D eigenvalue weighted by Crippen LogP contribution is 2.36. The van der Waals surface area contributed by atoms with Gasteiger partial charge in [0.1, 0.15) is 5.82 Å². The van der Waals surface area contributed by atoms with Crippen LogP contribution in [0, 0.1) is 0 Å². The topological polar surface area (TPSA) is 63.3 Å². The van der Waals surface area contributed by atoms with Crippen LogP contribution in [-0.4, -0.2) is 10.9 Å². The number of benzene rings is 1. The molecule has 0 spiro atoms. The second-order valence-corrected chi connectivity index (χ2v) is 5.41. The summed E-state index contributed by atoms with van der Waals surface area (Å²) in [4.78, 5) is 8.49. The van der Waals surface area contributed by atoms with Crippen molar-refractivity contribution in [1.29, 1.82) is 0 Å². The summed E-state index contributed by atoms with van der Waals surface area (Å²) < 4.78 is 0. The summed E-state index contributed by atoms with van der Waals surface area (Å²) in [6.07, 6.45) is 5.75. The maximum absolute atomic E-state index is 5.86. The quantitative estimate of drug-likeness (QED) is 0.667. The summed E-state index contributed by atoms with van der Waals surface area (Å²) in [7, 11) is 0. The molecule has 1 aliphatic carbocycles. The van der Waals surface area contributed by atoms with Crippen LogP contribution in [0.3, 0.4) is 0 Å². The molecule has 4 nitrogen and oxygen atoms in total. The van der Waals surface area contributed by atoms with Crippen LogP contribution in [0.4, 0.5) is 5.82 Å². The fourth-order valence-electron chi connectivity index (χ4n) is 2.42. The van der Waals surface area contributed by atoms with Crippen LogP contribution in [0.25, 0.3) is 0 Å². The fourth-order valence-corrected chi connectivity index (χ4v) is 2.42. The van der Waals surface area contributed by atoms with Crippen molar-refractivity contribution in [1.82, 2.24) is 4.98 Å². The van der Waals surface area contributed by atoms with Crippen molar-refractivity contribution >= 4 is 11.8 Å². The molecule has 2 aromatic rings. The van der Waals surface area contributed by atoms with Gasteiger partial charge in [-0.1, -0.05) is 36.8 Å². The first kappa shape index (κ1) is 13.6. The number of nitrogens with zero attached hydrogens (tertiary/aromatic N) is 2. The number of aliphatic imine (C=N–C) groups is 1. The van der Waals surface area contributed by atoms with Crippen molar-refractivity contribution in [3.63, 3.8) is 0 Å². The van der Waals surface area contributed by atoms with Crippen molar-refractivity contribution < 1.29 is 0 Å². The number of anilines is 1. The van der Waals surface area contributed by atoms with Crippen LogP contribution < -0.4 is 11.1 Å². The van der Waals surface area contributed by atoms with Gasteiger partial charge in [0.25, 0.3) is 0 Å². The highest BCUT2D eigenvalue weighted by atomic mass is 15.1. The van der Waals surface area contributed by atoms with Crippen LogP contribution in [0.1, 0.15) is 36.3 Å². The van der Waals surface area contributed by atoms with E-state index < -0.39 is 0 Å². The van der Waals surface area contributed by atoms with E-state index in [0.717, 1.165) is 5.92 Å². The lowest BCUT2D eigenvalue weighted by Crippen LogP contribution is -2.23. The third-order valence-corrected chi connectivity index (χ3v) is 3.91. The average molecular weight is 280 g/mol. The lowest BCUT2D eigenvalue weighted by Gasteiger charge is -2.25. The van der Waals surface area contributed by atoms with Crippen molar-refractivity contribution in [2.45, 2.75) is 31.7 Å². The predicted octanol–water partition coefficient (Wildman–Crippen LogP) is 3.28. The van der Waals surface area contributed by atoms with Gasteiger partial charge in [-0.25, -0.2) is 9.98 Å². The molecule has 0 saturated heterocycles. The number of nitrogens with two attached hydrogens (primary N) is 1. The Bertz CT molecular complexity index is 600. The molecule has 0 radical (unpaired) electrons. The molecule has 0 amide bonds. The minimum absolute atomic E-state index is 0.386. The van der Waals surface area contributed by atoms with Crippen molar-refractivity contribution in [3.8, 4) is 0 Å². The van der Waals surface area contributed by atoms with Crippen molar-refractivity contribution in [2.75, 3.05) is 5.32 Å². The van der Waals surface area contributed by atoms with Gasteiger partial charge in [-0.3, -0.25) is 0 Å². The molecule has 1 saturated carbocycles. The summed E-state index contributed by atoms with van der Waals surface area (Å²) in [5, 5.41) is 2.98. The Morgan fingerprint density at radius 2 is 2.00 bits per heavy atom. The minimum Gasteiger partial charge on any atom is -0.370 e. The van der Waals surface area contributed by atoms with E-state index in [1.807, 2.05) is 18.2 Å². The largest absolute Gasteiger partial charge is 0.370 e. The van der Waals surface area contributed by atoms with Gasteiger partial charge in [0.15, 0.2) is 5.96 Å². The minimum atomic E-state index is 0.386.